The number of fused-ring (bicyclic) bond motifs is 1. The first-order valence-corrected chi connectivity index (χ1v) is 11.2. The highest BCUT2D eigenvalue weighted by atomic mass is 19.1. The van der Waals surface area contributed by atoms with Gasteiger partial charge in [0.1, 0.15) is 5.82 Å². The van der Waals surface area contributed by atoms with Gasteiger partial charge in [-0.1, -0.05) is 0 Å². The number of aromatic nitrogens is 2. The summed E-state index contributed by atoms with van der Waals surface area (Å²) in [6, 6.07) is 12.6. The molecule has 33 heavy (non-hydrogen) atoms. The Balaban J connectivity index is 1.46. The zero-order valence-electron chi connectivity index (χ0n) is 18.6. The summed E-state index contributed by atoms with van der Waals surface area (Å²) in [5.74, 6) is -0.704. The van der Waals surface area contributed by atoms with Gasteiger partial charge in [-0.2, -0.15) is 5.10 Å². The van der Waals surface area contributed by atoms with Gasteiger partial charge in [0.2, 0.25) is 5.91 Å². The van der Waals surface area contributed by atoms with Gasteiger partial charge in [0.15, 0.2) is 5.69 Å². The minimum absolute atomic E-state index is 0.175. The highest BCUT2D eigenvalue weighted by Crippen LogP contribution is 2.31. The van der Waals surface area contributed by atoms with E-state index in [1.165, 1.54) is 12.1 Å². The fourth-order valence-electron chi connectivity index (χ4n) is 4.81. The average molecular weight is 448 g/mol. The number of anilines is 2. The second kappa shape index (κ2) is 8.35. The van der Waals surface area contributed by atoms with E-state index in [1.807, 2.05) is 36.1 Å². The summed E-state index contributed by atoms with van der Waals surface area (Å²) in [4.78, 5) is 28.4. The number of nitrogens with two attached hydrogens (primary N) is 1. The molecule has 8 heteroatoms. The van der Waals surface area contributed by atoms with Gasteiger partial charge in [-0.05, 0) is 74.2 Å². The first kappa shape index (κ1) is 21.2. The Hall–Kier alpha value is -3.68. The standard InChI is InChI=1S/C25H26FN5O2/c1-16-14-17(26)5-10-21(16)31-22-15-29(13-11-20(22)24(28-31)25(27)33)18-6-8-19(9-7-18)30-12-3-2-4-23(30)32/h5-10,14H,2-4,11-13,15H2,1H3,(H2,27,33). The van der Waals surface area contributed by atoms with Crippen molar-refractivity contribution in [2.45, 2.75) is 39.2 Å². The molecule has 3 heterocycles. The van der Waals surface area contributed by atoms with Crippen molar-refractivity contribution in [2.24, 2.45) is 5.73 Å². The summed E-state index contributed by atoms with van der Waals surface area (Å²) >= 11 is 0. The van der Waals surface area contributed by atoms with Crippen LogP contribution in [0.2, 0.25) is 0 Å². The van der Waals surface area contributed by atoms with Gasteiger partial charge >= 0.3 is 0 Å². The molecule has 0 unspecified atom stereocenters. The quantitative estimate of drug-likeness (QED) is 0.664. The van der Waals surface area contributed by atoms with E-state index in [1.54, 1.807) is 10.7 Å². The van der Waals surface area contributed by atoms with Crippen LogP contribution >= 0.6 is 0 Å². The third-order valence-electron chi connectivity index (χ3n) is 6.53. The molecule has 5 rings (SSSR count). The van der Waals surface area contributed by atoms with E-state index in [-0.39, 0.29) is 17.4 Å². The average Bonchev–Trinajstić information content (AvgIpc) is 3.19. The lowest BCUT2D eigenvalue weighted by molar-refractivity contribution is -0.119. The Bertz CT molecular complexity index is 1230. The molecular formula is C25H26FN5O2. The number of primary amides is 1. The summed E-state index contributed by atoms with van der Waals surface area (Å²) in [6.45, 7) is 3.83. The van der Waals surface area contributed by atoms with Crippen LogP contribution in [0.25, 0.3) is 5.69 Å². The minimum atomic E-state index is -0.561. The maximum Gasteiger partial charge on any atom is 0.269 e. The molecule has 0 radical (unpaired) electrons. The van der Waals surface area contributed by atoms with E-state index >= 15 is 0 Å². The lowest BCUT2D eigenvalue weighted by Crippen LogP contribution is -2.35. The number of nitrogens with zero attached hydrogens (tertiary/aromatic N) is 4. The van der Waals surface area contributed by atoms with Crippen molar-refractivity contribution in [3.63, 3.8) is 0 Å². The Morgan fingerprint density at radius 1 is 1.03 bits per heavy atom. The van der Waals surface area contributed by atoms with Gasteiger partial charge in [0.25, 0.3) is 5.91 Å². The van der Waals surface area contributed by atoms with Crippen molar-refractivity contribution in [1.29, 1.82) is 0 Å². The topological polar surface area (TPSA) is 84.5 Å². The second-order valence-electron chi connectivity index (χ2n) is 8.67. The van der Waals surface area contributed by atoms with E-state index in [9.17, 15) is 14.0 Å². The first-order valence-electron chi connectivity index (χ1n) is 11.2. The molecule has 0 saturated carbocycles. The van der Waals surface area contributed by atoms with Gasteiger partial charge in [0.05, 0.1) is 17.9 Å². The van der Waals surface area contributed by atoms with Crippen LogP contribution in [-0.2, 0) is 17.8 Å². The molecule has 2 aliphatic rings. The summed E-state index contributed by atoms with van der Waals surface area (Å²) < 4.78 is 15.4. The van der Waals surface area contributed by atoms with Crippen LogP contribution in [0.1, 0.15) is 46.6 Å². The molecule has 0 atom stereocenters. The molecule has 1 saturated heterocycles. The van der Waals surface area contributed by atoms with Crippen LogP contribution < -0.4 is 15.5 Å². The Kier molecular flexibility index (Phi) is 5.36. The van der Waals surface area contributed by atoms with Crippen molar-refractivity contribution in [1.82, 2.24) is 9.78 Å². The van der Waals surface area contributed by atoms with Gasteiger partial charge in [0, 0.05) is 36.4 Å². The van der Waals surface area contributed by atoms with Gasteiger partial charge in [-0.15, -0.1) is 0 Å². The zero-order valence-corrected chi connectivity index (χ0v) is 18.6. The van der Waals surface area contributed by atoms with Crippen molar-refractivity contribution in [3.05, 3.63) is 70.8 Å². The fourth-order valence-corrected chi connectivity index (χ4v) is 4.81. The highest BCUT2D eigenvalue weighted by molar-refractivity contribution is 5.94. The van der Waals surface area contributed by atoms with E-state index < -0.39 is 5.91 Å². The van der Waals surface area contributed by atoms with Gasteiger partial charge in [-0.25, -0.2) is 9.07 Å². The van der Waals surface area contributed by atoms with Crippen molar-refractivity contribution in [2.75, 3.05) is 22.9 Å². The molecule has 1 fully saturated rings. The van der Waals surface area contributed by atoms with E-state index in [4.69, 9.17) is 5.73 Å². The number of piperidine rings is 1. The van der Waals surface area contributed by atoms with Crippen LogP contribution in [0.4, 0.5) is 15.8 Å². The molecule has 2 aliphatic heterocycles. The number of hydrogen-bond donors (Lipinski definition) is 1. The molecule has 2 amide bonds. The summed E-state index contributed by atoms with van der Waals surface area (Å²) in [7, 11) is 0. The molecule has 0 spiro atoms. The zero-order chi connectivity index (χ0) is 23.1. The predicted molar refractivity (Wildman–Crippen MR) is 124 cm³/mol. The largest absolute Gasteiger partial charge is 0.365 e. The lowest BCUT2D eigenvalue weighted by Gasteiger charge is -2.31. The number of hydrogen-bond acceptors (Lipinski definition) is 4. The predicted octanol–water partition coefficient (Wildman–Crippen LogP) is 3.50. The molecule has 3 aromatic rings. The lowest BCUT2D eigenvalue weighted by atomic mass is 10.0. The Morgan fingerprint density at radius 3 is 2.48 bits per heavy atom. The Morgan fingerprint density at radius 2 is 1.79 bits per heavy atom. The van der Waals surface area contributed by atoms with Crippen LogP contribution in [0.3, 0.4) is 0 Å². The molecular weight excluding hydrogens is 421 g/mol. The number of carbonyl (C=O) groups excluding carboxylic acids is 2. The van der Waals surface area contributed by atoms with Crippen molar-refractivity contribution in [3.8, 4) is 5.69 Å². The second-order valence-corrected chi connectivity index (χ2v) is 8.67. The van der Waals surface area contributed by atoms with Crippen LogP contribution in [0.5, 0.6) is 0 Å². The molecule has 170 valence electrons. The van der Waals surface area contributed by atoms with Crippen molar-refractivity contribution < 1.29 is 14.0 Å². The highest BCUT2D eigenvalue weighted by Gasteiger charge is 2.28. The van der Waals surface area contributed by atoms with Crippen LogP contribution in [-0.4, -0.2) is 34.7 Å². The normalized spacial score (nSPS) is 16.1. The molecule has 2 N–H and O–H groups in total. The third-order valence-corrected chi connectivity index (χ3v) is 6.53. The van der Waals surface area contributed by atoms with Gasteiger partial charge < -0.3 is 15.5 Å². The smallest absolute Gasteiger partial charge is 0.269 e. The first-order chi connectivity index (χ1) is 15.9. The Labute approximate surface area is 191 Å². The monoisotopic (exact) mass is 447 g/mol. The van der Waals surface area contributed by atoms with Crippen LogP contribution in [0.15, 0.2) is 42.5 Å². The van der Waals surface area contributed by atoms with E-state index in [0.29, 0.717) is 25.9 Å². The maximum absolute atomic E-state index is 13.7. The fraction of sp³-hybridized carbons (Fsp3) is 0.320. The number of aryl methyl sites for hydroxylation is 1. The number of amides is 2. The SMILES string of the molecule is Cc1cc(F)ccc1-n1nc(C(N)=O)c2c1CN(c1ccc(N3CCCCC3=O)cc1)CC2. The number of benzene rings is 2. The third kappa shape index (κ3) is 3.86. The molecule has 2 aromatic carbocycles. The molecule has 0 aliphatic carbocycles. The number of halogens is 1. The minimum Gasteiger partial charge on any atom is -0.365 e. The van der Waals surface area contributed by atoms with Crippen LogP contribution in [0, 0.1) is 12.7 Å². The summed E-state index contributed by atoms with van der Waals surface area (Å²) in [5.41, 5.74) is 11.0. The number of carbonyl (C=O) groups is 2. The molecule has 7 nitrogen and oxygen atoms in total. The van der Waals surface area contributed by atoms with Gasteiger partial charge in [-0.3, -0.25) is 9.59 Å². The van der Waals surface area contributed by atoms with E-state index in [0.717, 1.165) is 53.3 Å². The number of rotatable bonds is 4. The maximum atomic E-state index is 13.7. The molecule has 1 aromatic heterocycles. The molecule has 0 bridgehead atoms. The summed E-state index contributed by atoms with van der Waals surface area (Å²) in [5, 5.41) is 4.51. The van der Waals surface area contributed by atoms with Crippen molar-refractivity contribution >= 4 is 23.2 Å². The van der Waals surface area contributed by atoms with E-state index in [2.05, 4.69) is 10.00 Å². The summed E-state index contributed by atoms with van der Waals surface area (Å²) in [6.07, 6.45) is 3.21.